The molecular formula is C15H21N5. The van der Waals surface area contributed by atoms with E-state index in [-0.39, 0.29) is 0 Å². The molecule has 3 rings (SSSR count). The van der Waals surface area contributed by atoms with Gasteiger partial charge in [-0.1, -0.05) is 31.9 Å². The number of nitrogen functional groups attached to an aromatic ring is 1. The highest BCUT2D eigenvalue weighted by Gasteiger charge is 2.28. The van der Waals surface area contributed by atoms with E-state index in [2.05, 4.69) is 22.4 Å². The van der Waals surface area contributed by atoms with Crippen LogP contribution in [-0.2, 0) is 0 Å². The number of tetrazole rings is 1. The summed E-state index contributed by atoms with van der Waals surface area (Å²) < 4.78 is 1.97. The first-order valence-corrected chi connectivity index (χ1v) is 7.34. The van der Waals surface area contributed by atoms with Gasteiger partial charge in [0, 0.05) is 11.3 Å². The third-order valence-electron chi connectivity index (χ3n) is 4.14. The van der Waals surface area contributed by atoms with Crippen LogP contribution in [0.5, 0.6) is 0 Å². The van der Waals surface area contributed by atoms with Gasteiger partial charge in [0.25, 0.3) is 0 Å². The number of aryl methyl sites for hydroxylation is 1. The summed E-state index contributed by atoms with van der Waals surface area (Å²) in [5.41, 5.74) is 8.94. The predicted octanol–water partition coefficient (Wildman–Crippen LogP) is 2.98. The molecule has 0 saturated heterocycles. The van der Waals surface area contributed by atoms with Crippen LogP contribution >= 0.6 is 0 Å². The Hall–Kier alpha value is -1.91. The minimum atomic E-state index is 0.367. The van der Waals surface area contributed by atoms with Crippen molar-refractivity contribution in [3.8, 4) is 11.4 Å². The molecule has 0 spiro atoms. The number of nitrogens with two attached hydrogens (primary N) is 1. The van der Waals surface area contributed by atoms with Gasteiger partial charge in [-0.25, -0.2) is 4.68 Å². The van der Waals surface area contributed by atoms with Gasteiger partial charge >= 0.3 is 0 Å². The van der Waals surface area contributed by atoms with Crippen molar-refractivity contribution < 1.29 is 0 Å². The van der Waals surface area contributed by atoms with E-state index in [0.717, 1.165) is 35.0 Å². The molecule has 0 amide bonds. The second kappa shape index (κ2) is 5.23. The molecule has 20 heavy (non-hydrogen) atoms. The van der Waals surface area contributed by atoms with Crippen LogP contribution in [0.25, 0.3) is 11.4 Å². The minimum absolute atomic E-state index is 0.367. The highest BCUT2D eigenvalue weighted by molar-refractivity contribution is 5.74. The highest BCUT2D eigenvalue weighted by atomic mass is 15.5. The van der Waals surface area contributed by atoms with E-state index in [1.807, 2.05) is 29.8 Å². The fourth-order valence-corrected chi connectivity index (χ4v) is 2.78. The number of nitrogens with zero attached hydrogens (tertiary/aromatic N) is 4. The Morgan fingerprint density at radius 3 is 2.85 bits per heavy atom. The van der Waals surface area contributed by atoms with E-state index >= 15 is 0 Å². The molecule has 1 fully saturated rings. The van der Waals surface area contributed by atoms with Crippen molar-refractivity contribution >= 4 is 5.69 Å². The van der Waals surface area contributed by atoms with Crippen LogP contribution in [0.1, 0.15) is 44.2 Å². The molecule has 1 unspecified atom stereocenters. The van der Waals surface area contributed by atoms with Crippen LogP contribution in [0.15, 0.2) is 18.2 Å². The van der Waals surface area contributed by atoms with Crippen molar-refractivity contribution in [2.45, 2.75) is 45.6 Å². The van der Waals surface area contributed by atoms with Crippen molar-refractivity contribution in [3.05, 3.63) is 23.8 Å². The molecular weight excluding hydrogens is 250 g/mol. The van der Waals surface area contributed by atoms with Crippen LogP contribution in [0.4, 0.5) is 5.69 Å². The monoisotopic (exact) mass is 271 g/mol. The van der Waals surface area contributed by atoms with E-state index in [1.54, 1.807) is 0 Å². The van der Waals surface area contributed by atoms with Crippen molar-refractivity contribution in [2.75, 3.05) is 5.73 Å². The fourth-order valence-electron chi connectivity index (χ4n) is 2.78. The Morgan fingerprint density at radius 1 is 1.40 bits per heavy atom. The zero-order chi connectivity index (χ0) is 14.1. The lowest BCUT2D eigenvalue weighted by Crippen LogP contribution is -2.13. The molecule has 1 aromatic carbocycles. The minimum Gasteiger partial charge on any atom is -0.398 e. The number of hydrogen-bond acceptors (Lipinski definition) is 4. The molecule has 1 aliphatic carbocycles. The van der Waals surface area contributed by atoms with Crippen LogP contribution < -0.4 is 5.73 Å². The van der Waals surface area contributed by atoms with Crippen LogP contribution in [0, 0.1) is 12.8 Å². The van der Waals surface area contributed by atoms with Crippen molar-refractivity contribution in [1.29, 1.82) is 0 Å². The Balaban J connectivity index is 2.00. The lowest BCUT2D eigenvalue weighted by Gasteiger charge is -2.17. The zero-order valence-electron chi connectivity index (χ0n) is 12.1. The second-order valence-electron chi connectivity index (χ2n) is 5.73. The number of rotatable bonds is 5. The SMILES string of the molecule is CCC(CC1CC1)n1nnnc1-c1c(C)cccc1N. The first-order valence-electron chi connectivity index (χ1n) is 7.34. The van der Waals surface area contributed by atoms with Gasteiger partial charge in [0.05, 0.1) is 6.04 Å². The summed E-state index contributed by atoms with van der Waals surface area (Å²) in [6.45, 7) is 4.24. The number of anilines is 1. The molecule has 1 aromatic heterocycles. The fraction of sp³-hybridized carbons (Fsp3) is 0.533. The molecule has 1 atom stereocenters. The highest BCUT2D eigenvalue weighted by Crippen LogP contribution is 2.39. The Morgan fingerprint density at radius 2 is 2.20 bits per heavy atom. The summed E-state index contributed by atoms with van der Waals surface area (Å²) in [6.07, 6.45) is 4.90. The van der Waals surface area contributed by atoms with E-state index in [9.17, 15) is 0 Å². The first kappa shape index (κ1) is 13.1. The second-order valence-corrected chi connectivity index (χ2v) is 5.73. The maximum Gasteiger partial charge on any atom is 0.184 e. The number of hydrogen-bond donors (Lipinski definition) is 1. The van der Waals surface area contributed by atoms with E-state index in [0.29, 0.717) is 6.04 Å². The van der Waals surface area contributed by atoms with E-state index in [4.69, 9.17) is 5.73 Å². The summed E-state index contributed by atoms with van der Waals surface area (Å²) in [7, 11) is 0. The molecule has 1 heterocycles. The Labute approximate surface area is 119 Å². The number of aromatic nitrogens is 4. The smallest absolute Gasteiger partial charge is 0.184 e. The zero-order valence-corrected chi connectivity index (χ0v) is 12.1. The quantitative estimate of drug-likeness (QED) is 0.849. The van der Waals surface area contributed by atoms with Crippen LogP contribution in [-0.4, -0.2) is 20.2 Å². The van der Waals surface area contributed by atoms with Gasteiger partial charge in [-0.3, -0.25) is 0 Å². The maximum absolute atomic E-state index is 6.13. The van der Waals surface area contributed by atoms with Gasteiger partial charge in [0.2, 0.25) is 0 Å². The maximum atomic E-state index is 6.13. The molecule has 106 valence electrons. The van der Waals surface area contributed by atoms with Crippen LogP contribution in [0.3, 0.4) is 0 Å². The Bertz CT molecular complexity index is 580. The average molecular weight is 271 g/mol. The molecule has 5 nitrogen and oxygen atoms in total. The topological polar surface area (TPSA) is 69.6 Å². The van der Waals surface area contributed by atoms with E-state index in [1.165, 1.54) is 19.3 Å². The summed E-state index contributed by atoms with van der Waals surface area (Å²) in [5, 5.41) is 12.3. The molecule has 1 saturated carbocycles. The van der Waals surface area contributed by atoms with Gasteiger partial charge in [0.15, 0.2) is 5.82 Å². The Kier molecular flexibility index (Phi) is 3.42. The van der Waals surface area contributed by atoms with Crippen LogP contribution in [0.2, 0.25) is 0 Å². The van der Waals surface area contributed by atoms with Gasteiger partial charge in [-0.2, -0.15) is 0 Å². The van der Waals surface area contributed by atoms with Gasteiger partial charge < -0.3 is 5.73 Å². The summed E-state index contributed by atoms with van der Waals surface area (Å²) in [6, 6.07) is 6.28. The molecule has 5 heteroatoms. The molecule has 0 radical (unpaired) electrons. The predicted molar refractivity (Wildman–Crippen MR) is 79.1 cm³/mol. The summed E-state index contributed by atoms with van der Waals surface area (Å²) in [4.78, 5) is 0. The van der Waals surface area contributed by atoms with Gasteiger partial charge in [-0.05, 0) is 47.7 Å². The first-order chi connectivity index (χ1) is 9.70. The lowest BCUT2D eigenvalue weighted by atomic mass is 10.0. The summed E-state index contributed by atoms with van der Waals surface area (Å²) >= 11 is 0. The van der Waals surface area contributed by atoms with Crippen molar-refractivity contribution in [2.24, 2.45) is 5.92 Å². The molecule has 1 aliphatic rings. The largest absolute Gasteiger partial charge is 0.398 e. The summed E-state index contributed by atoms with van der Waals surface area (Å²) in [5.74, 6) is 1.65. The number of benzene rings is 1. The lowest BCUT2D eigenvalue weighted by molar-refractivity contribution is 0.388. The third-order valence-corrected chi connectivity index (χ3v) is 4.14. The molecule has 2 N–H and O–H groups in total. The molecule has 0 bridgehead atoms. The van der Waals surface area contributed by atoms with Gasteiger partial charge in [-0.15, -0.1) is 5.10 Å². The standard InChI is InChI=1S/C15H21N5/c1-3-12(9-11-7-8-11)20-15(17-18-19-20)14-10(2)5-4-6-13(14)16/h4-6,11-12H,3,7-9,16H2,1-2H3. The molecule has 2 aromatic rings. The van der Waals surface area contributed by atoms with E-state index < -0.39 is 0 Å². The normalized spacial score (nSPS) is 16.3. The third kappa shape index (κ3) is 2.40. The van der Waals surface area contributed by atoms with Gasteiger partial charge in [0.1, 0.15) is 0 Å². The molecule has 0 aliphatic heterocycles. The van der Waals surface area contributed by atoms with Crippen molar-refractivity contribution in [3.63, 3.8) is 0 Å². The van der Waals surface area contributed by atoms with Crippen molar-refractivity contribution in [1.82, 2.24) is 20.2 Å². The average Bonchev–Trinajstić information content (AvgIpc) is 3.13.